The molecule has 0 aromatic heterocycles. The second-order valence-electron chi connectivity index (χ2n) is 6.18. The Morgan fingerprint density at radius 2 is 1.76 bits per heavy atom. The van der Waals surface area contributed by atoms with Crippen molar-refractivity contribution in [1.82, 2.24) is 0 Å². The minimum atomic E-state index is -0.0213. The molecule has 21 heavy (non-hydrogen) atoms. The summed E-state index contributed by atoms with van der Waals surface area (Å²) in [5, 5.41) is 1.08. The van der Waals surface area contributed by atoms with Crippen LogP contribution >= 0.6 is 15.9 Å². The average molecular weight is 361 g/mol. The Hall–Kier alpha value is -0.310. The normalized spacial score (nSPS) is 12.0. The Labute approximate surface area is 139 Å². The van der Waals surface area contributed by atoms with Crippen molar-refractivity contribution in [3.05, 3.63) is 11.6 Å². The van der Waals surface area contributed by atoms with Crippen molar-refractivity contribution in [2.24, 2.45) is 5.92 Å². The molecule has 0 saturated carbocycles. The number of ether oxygens (including phenoxy) is 1. The van der Waals surface area contributed by atoms with Gasteiger partial charge in [0.15, 0.2) is 0 Å². The highest BCUT2D eigenvalue weighted by atomic mass is 79.9. The molecule has 0 aliphatic carbocycles. The maximum absolute atomic E-state index is 11.6. The molecule has 3 heteroatoms. The molecule has 0 saturated heterocycles. The van der Waals surface area contributed by atoms with Crippen molar-refractivity contribution in [1.29, 1.82) is 0 Å². The van der Waals surface area contributed by atoms with Crippen molar-refractivity contribution >= 4 is 21.9 Å². The lowest BCUT2D eigenvalue weighted by Crippen LogP contribution is -2.08. The molecule has 0 aliphatic rings. The molecule has 0 aromatic rings. The Morgan fingerprint density at radius 3 is 2.43 bits per heavy atom. The smallest absolute Gasteiger partial charge is 0.305 e. The number of esters is 1. The SMILES string of the molecule is CC(C)=CCCC(C)CCOC(=O)CCCCCCCBr. The third kappa shape index (κ3) is 15.9. The molecule has 0 aromatic carbocycles. The molecule has 2 nitrogen and oxygen atoms in total. The molecule has 0 fully saturated rings. The number of hydrogen-bond acceptors (Lipinski definition) is 2. The fourth-order valence-electron chi connectivity index (χ4n) is 2.14. The third-order valence-corrected chi connectivity index (χ3v) is 4.16. The van der Waals surface area contributed by atoms with Gasteiger partial charge >= 0.3 is 5.97 Å². The van der Waals surface area contributed by atoms with E-state index in [0.717, 1.165) is 31.0 Å². The van der Waals surface area contributed by atoms with E-state index in [1.807, 2.05) is 0 Å². The first-order valence-corrected chi connectivity index (χ1v) is 9.53. The molecule has 1 unspecified atom stereocenters. The molecule has 0 heterocycles. The zero-order chi connectivity index (χ0) is 15.9. The van der Waals surface area contributed by atoms with E-state index in [-0.39, 0.29) is 5.97 Å². The summed E-state index contributed by atoms with van der Waals surface area (Å²) >= 11 is 3.43. The highest BCUT2D eigenvalue weighted by Gasteiger charge is 2.05. The summed E-state index contributed by atoms with van der Waals surface area (Å²) in [6.07, 6.45) is 12.0. The van der Waals surface area contributed by atoms with E-state index in [0.29, 0.717) is 18.9 Å². The first-order chi connectivity index (χ1) is 10.1. The van der Waals surface area contributed by atoms with E-state index in [1.165, 1.54) is 31.3 Å². The van der Waals surface area contributed by atoms with Gasteiger partial charge in [-0.2, -0.15) is 0 Å². The van der Waals surface area contributed by atoms with Gasteiger partial charge in [0.1, 0.15) is 0 Å². The van der Waals surface area contributed by atoms with E-state index in [2.05, 4.69) is 42.8 Å². The largest absolute Gasteiger partial charge is 0.466 e. The van der Waals surface area contributed by atoms with Crippen LogP contribution in [0.25, 0.3) is 0 Å². The molecular formula is C18H33BrO2. The van der Waals surface area contributed by atoms with Gasteiger partial charge in [0, 0.05) is 11.8 Å². The van der Waals surface area contributed by atoms with Crippen molar-refractivity contribution in [3.63, 3.8) is 0 Å². The standard InChI is InChI=1S/C18H33BrO2/c1-16(2)10-9-11-17(3)13-15-21-18(20)12-7-5-4-6-8-14-19/h10,17H,4-9,11-15H2,1-3H3. The number of allylic oxidation sites excluding steroid dienone is 2. The lowest BCUT2D eigenvalue weighted by molar-refractivity contribution is -0.144. The predicted octanol–water partition coefficient (Wildman–Crippen LogP) is 6.04. The van der Waals surface area contributed by atoms with E-state index < -0.39 is 0 Å². The van der Waals surface area contributed by atoms with Gasteiger partial charge < -0.3 is 4.74 Å². The zero-order valence-corrected chi connectivity index (χ0v) is 15.7. The zero-order valence-electron chi connectivity index (χ0n) is 14.1. The maximum atomic E-state index is 11.6. The summed E-state index contributed by atoms with van der Waals surface area (Å²) in [4.78, 5) is 11.6. The van der Waals surface area contributed by atoms with Crippen LogP contribution in [-0.4, -0.2) is 17.9 Å². The minimum absolute atomic E-state index is 0.0213. The highest BCUT2D eigenvalue weighted by Crippen LogP contribution is 2.12. The van der Waals surface area contributed by atoms with E-state index >= 15 is 0 Å². The van der Waals surface area contributed by atoms with Gasteiger partial charge in [0.05, 0.1) is 6.61 Å². The van der Waals surface area contributed by atoms with Gasteiger partial charge in [0.25, 0.3) is 0 Å². The molecular weight excluding hydrogens is 328 g/mol. The predicted molar refractivity (Wildman–Crippen MR) is 94.9 cm³/mol. The molecule has 0 rings (SSSR count). The first-order valence-electron chi connectivity index (χ1n) is 8.41. The van der Waals surface area contributed by atoms with Gasteiger partial charge in [-0.25, -0.2) is 0 Å². The van der Waals surface area contributed by atoms with Gasteiger partial charge in [-0.1, -0.05) is 53.8 Å². The van der Waals surface area contributed by atoms with Crippen LogP contribution in [0.2, 0.25) is 0 Å². The average Bonchev–Trinajstić information content (AvgIpc) is 2.42. The Kier molecular flexibility index (Phi) is 14.4. The van der Waals surface area contributed by atoms with Crippen LogP contribution in [0.5, 0.6) is 0 Å². The monoisotopic (exact) mass is 360 g/mol. The number of halogens is 1. The van der Waals surface area contributed by atoms with Crippen LogP contribution in [0, 0.1) is 5.92 Å². The molecule has 124 valence electrons. The molecule has 0 aliphatic heterocycles. The lowest BCUT2D eigenvalue weighted by Gasteiger charge is -2.10. The van der Waals surface area contributed by atoms with E-state index in [9.17, 15) is 4.79 Å². The van der Waals surface area contributed by atoms with Crippen LogP contribution in [0.15, 0.2) is 11.6 Å². The highest BCUT2D eigenvalue weighted by molar-refractivity contribution is 9.09. The van der Waals surface area contributed by atoms with Crippen LogP contribution in [0.1, 0.15) is 78.6 Å². The number of alkyl halides is 1. The Balaban J connectivity index is 3.42. The van der Waals surface area contributed by atoms with Crippen LogP contribution in [-0.2, 0) is 9.53 Å². The Morgan fingerprint density at radius 1 is 1.10 bits per heavy atom. The number of hydrogen-bond donors (Lipinski definition) is 0. The van der Waals surface area contributed by atoms with Gasteiger partial charge in [-0.15, -0.1) is 0 Å². The Bertz CT molecular complexity index is 283. The van der Waals surface area contributed by atoms with Gasteiger partial charge in [-0.05, 0) is 51.9 Å². The molecule has 0 bridgehead atoms. The van der Waals surface area contributed by atoms with Crippen LogP contribution in [0.4, 0.5) is 0 Å². The van der Waals surface area contributed by atoms with Crippen molar-refractivity contribution in [2.45, 2.75) is 78.6 Å². The third-order valence-electron chi connectivity index (χ3n) is 3.60. The summed E-state index contributed by atoms with van der Waals surface area (Å²) in [5.74, 6) is 0.602. The number of carbonyl (C=O) groups excluding carboxylic acids is 1. The topological polar surface area (TPSA) is 26.3 Å². The lowest BCUT2D eigenvalue weighted by atomic mass is 10.0. The summed E-state index contributed by atoms with van der Waals surface area (Å²) in [7, 11) is 0. The second-order valence-corrected chi connectivity index (χ2v) is 6.97. The van der Waals surface area contributed by atoms with Crippen LogP contribution < -0.4 is 0 Å². The molecule has 0 N–H and O–H groups in total. The summed E-state index contributed by atoms with van der Waals surface area (Å²) in [6.45, 7) is 7.08. The van der Waals surface area contributed by atoms with Gasteiger partial charge in [-0.3, -0.25) is 4.79 Å². The first kappa shape index (κ1) is 20.7. The van der Waals surface area contributed by atoms with Crippen molar-refractivity contribution in [3.8, 4) is 0 Å². The molecule has 0 radical (unpaired) electrons. The summed E-state index contributed by atoms with van der Waals surface area (Å²) < 4.78 is 5.31. The molecule has 0 amide bonds. The van der Waals surface area contributed by atoms with Crippen LogP contribution in [0.3, 0.4) is 0 Å². The minimum Gasteiger partial charge on any atom is -0.466 e. The molecule has 0 spiro atoms. The summed E-state index contributed by atoms with van der Waals surface area (Å²) in [6, 6.07) is 0. The van der Waals surface area contributed by atoms with Gasteiger partial charge in [0.2, 0.25) is 0 Å². The fraction of sp³-hybridized carbons (Fsp3) is 0.833. The quantitative estimate of drug-likeness (QED) is 0.173. The fourth-order valence-corrected chi connectivity index (χ4v) is 2.54. The maximum Gasteiger partial charge on any atom is 0.305 e. The number of unbranched alkanes of at least 4 members (excludes halogenated alkanes) is 4. The van der Waals surface area contributed by atoms with Crippen molar-refractivity contribution < 1.29 is 9.53 Å². The van der Waals surface area contributed by atoms with E-state index in [4.69, 9.17) is 4.74 Å². The molecule has 1 atom stereocenters. The number of rotatable bonds is 13. The second kappa shape index (κ2) is 14.6. The van der Waals surface area contributed by atoms with E-state index in [1.54, 1.807) is 0 Å². The van der Waals surface area contributed by atoms with Crippen molar-refractivity contribution in [2.75, 3.05) is 11.9 Å². The number of carbonyl (C=O) groups is 1. The summed E-state index contributed by atoms with van der Waals surface area (Å²) in [5.41, 5.74) is 1.38.